The predicted molar refractivity (Wildman–Crippen MR) is 95.9 cm³/mol. The highest BCUT2D eigenvalue weighted by Gasteiger charge is 2.22. The molecule has 2 amide bonds. The van der Waals surface area contributed by atoms with Crippen LogP contribution in [0.15, 0.2) is 18.2 Å². The number of halogens is 2. The summed E-state index contributed by atoms with van der Waals surface area (Å²) in [6, 6.07) is 3.72. The monoisotopic (exact) mass is 354 g/mol. The molecule has 1 atom stereocenters. The summed E-state index contributed by atoms with van der Waals surface area (Å²) in [6.07, 6.45) is 0. The number of hydrogen-bond acceptors (Lipinski definition) is 3. The van der Waals surface area contributed by atoms with E-state index >= 15 is 0 Å². The van der Waals surface area contributed by atoms with Crippen molar-refractivity contribution in [3.63, 3.8) is 0 Å². The number of rotatable bonds is 6. The van der Waals surface area contributed by atoms with Gasteiger partial charge in [-0.2, -0.15) is 0 Å². The van der Waals surface area contributed by atoms with E-state index in [1.165, 1.54) is 12.1 Å². The third-order valence-corrected chi connectivity index (χ3v) is 4.76. The first kappa shape index (κ1) is 19.4. The smallest absolute Gasteiger partial charge is 0.317 e. The molecular formula is C18H28F2N4O. The quantitative estimate of drug-likeness (QED) is 0.853. The van der Waals surface area contributed by atoms with Crippen LogP contribution in [0.2, 0.25) is 0 Å². The van der Waals surface area contributed by atoms with Gasteiger partial charge < -0.3 is 15.1 Å². The Kier molecular flexibility index (Phi) is 6.99. The maximum absolute atomic E-state index is 13.3. The van der Waals surface area contributed by atoms with Gasteiger partial charge >= 0.3 is 6.03 Å². The van der Waals surface area contributed by atoms with Crippen LogP contribution in [0.5, 0.6) is 0 Å². The molecule has 5 nitrogen and oxygen atoms in total. The Bertz CT molecular complexity index is 552. The zero-order valence-electron chi connectivity index (χ0n) is 15.3. The minimum absolute atomic E-state index is 0.0796. The van der Waals surface area contributed by atoms with Gasteiger partial charge in [0.1, 0.15) is 11.6 Å². The zero-order chi connectivity index (χ0) is 18.4. The van der Waals surface area contributed by atoms with E-state index in [4.69, 9.17) is 0 Å². The first-order valence-corrected chi connectivity index (χ1v) is 8.92. The summed E-state index contributed by atoms with van der Waals surface area (Å²) in [5, 5.41) is 2.98. The van der Waals surface area contributed by atoms with Crippen LogP contribution < -0.4 is 10.2 Å². The third-order valence-electron chi connectivity index (χ3n) is 4.76. The van der Waals surface area contributed by atoms with Gasteiger partial charge in [-0.15, -0.1) is 0 Å². The largest absolute Gasteiger partial charge is 0.368 e. The van der Waals surface area contributed by atoms with Crippen molar-refractivity contribution in [2.45, 2.75) is 26.8 Å². The molecule has 1 aliphatic rings. The van der Waals surface area contributed by atoms with Crippen molar-refractivity contribution in [1.29, 1.82) is 0 Å². The van der Waals surface area contributed by atoms with Gasteiger partial charge in [0.2, 0.25) is 0 Å². The number of urea groups is 1. The number of hydrogen-bond donors (Lipinski definition) is 1. The van der Waals surface area contributed by atoms with Crippen LogP contribution >= 0.6 is 0 Å². The SMILES string of the molecule is CCN(CC)[C@H](C)CNC(=O)N1CCN(c2cc(F)cc(F)c2)CC1. The molecule has 0 unspecified atom stereocenters. The van der Waals surface area contributed by atoms with E-state index in [1.807, 2.05) is 4.90 Å². The van der Waals surface area contributed by atoms with E-state index in [1.54, 1.807) is 4.90 Å². The third kappa shape index (κ3) is 5.29. The van der Waals surface area contributed by atoms with Gasteiger partial charge in [-0.1, -0.05) is 13.8 Å². The molecule has 1 aromatic carbocycles. The van der Waals surface area contributed by atoms with E-state index in [2.05, 4.69) is 31.0 Å². The average Bonchev–Trinajstić information content (AvgIpc) is 2.60. The Morgan fingerprint density at radius 2 is 1.68 bits per heavy atom. The number of likely N-dealkylation sites (N-methyl/N-ethyl adjacent to an activating group) is 1. The lowest BCUT2D eigenvalue weighted by Gasteiger charge is -2.36. The van der Waals surface area contributed by atoms with Crippen molar-refractivity contribution in [2.75, 3.05) is 50.7 Å². The Labute approximate surface area is 148 Å². The Morgan fingerprint density at radius 1 is 1.12 bits per heavy atom. The lowest BCUT2D eigenvalue weighted by molar-refractivity contribution is 0.183. The molecule has 1 aromatic rings. The van der Waals surface area contributed by atoms with Gasteiger partial charge in [0, 0.05) is 50.5 Å². The Balaban J connectivity index is 1.82. The number of carbonyl (C=O) groups is 1. The highest BCUT2D eigenvalue weighted by molar-refractivity contribution is 5.74. The van der Waals surface area contributed by atoms with E-state index in [0.29, 0.717) is 38.4 Å². The van der Waals surface area contributed by atoms with Gasteiger partial charge in [-0.25, -0.2) is 13.6 Å². The van der Waals surface area contributed by atoms with Crippen LogP contribution in [0.25, 0.3) is 0 Å². The minimum Gasteiger partial charge on any atom is -0.368 e. The van der Waals surface area contributed by atoms with Crippen LogP contribution in [0.1, 0.15) is 20.8 Å². The fourth-order valence-corrected chi connectivity index (χ4v) is 3.21. The molecule has 0 spiro atoms. The predicted octanol–water partition coefficient (Wildman–Crippen LogP) is 2.53. The van der Waals surface area contributed by atoms with Gasteiger partial charge in [0.15, 0.2) is 0 Å². The number of piperazine rings is 1. The summed E-state index contributed by atoms with van der Waals surface area (Å²) in [6.45, 7) is 11.0. The second kappa shape index (κ2) is 8.99. The summed E-state index contributed by atoms with van der Waals surface area (Å²) < 4.78 is 26.7. The highest BCUT2D eigenvalue weighted by Crippen LogP contribution is 2.19. The summed E-state index contributed by atoms with van der Waals surface area (Å²) in [7, 11) is 0. The van der Waals surface area contributed by atoms with Gasteiger partial charge in [-0.05, 0) is 32.1 Å². The summed E-state index contributed by atoms with van der Waals surface area (Å²) in [4.78, 5) is 18.2. The molecular weight excluding hydrogens is 326 g/mol. The van der Waals surface area contributed by atoms with Crippen molar-refractivity contribution >= 4 is 11.7 Å². The number of carbonyl (C=O) groups excluding carboxylic acids is 1. The summed E-state index contributed by atoms with van der Waals surface area (Å²) in [5.74, 6) is -1.17. The van der Waals surface area contributed by atoms with Gasteiger partial charge in [0.25, 0.3) is 0 Å². The lowest BCUT2D eigenvalue weighted by Crippen LogP contribution is -2.53. The Morgan fingerprint density at radius 3 is 2.20 bits per heavy atom. The summed E-state index contributed by atoms with van der Waals surface area (Å²) in [5.41, 5.74) is 0.521. The molecule has 1 N–H and O–H groups in total. The number of amides is 2. The van der Waals surface area contributed by atoms with Crippen molar-refractivity contribution in [1.82, 2.24) is 15.1 Å². The minimum atomic E-state index is -0.583. The fraction of sp³-hybridized carbons (Fsp3) is 0.611. The molecule has 0 saturated carbocycles. The maximum atomic E-state index is 13.3. The molecule has 0 radical (unpaired) electrons. The van der Waals surface area contributed by atoms with Crippen LogP contribution in [-0.2, 0) is 0 Å². The van der Waals surface area contributed by atoms with Crippen LogP contribution in [0.4, 0.5) is 19.3 Å². The van der Waals surface area contributed by atoms with Crippen LogP contribution in [0, 0.1) is 11.6 Å². The summed E-state index contributed by atoms with van der Waals surface area (Å²) >= 11 is 0. The number of nitrogens with one attached hydrogen (secondary N) is 1. The van der Waals surface area contributed by atoms with Crippen LogP contribution in [0.3, 0.4) is 0 Å². The van der Waals surface area contributed by atoms with Gasteiger partial charge in [-0.3, -0.25) is 4.90 Å². The normalized spacial score (nSPS) is 16.2. The van der Waals surface area contributed by atoms with Crippen LogP contribution in [-0.4, -0.2) is 67.7 Å². The zero-order valence-corrected chi connectivity index (χ0v) is 15.3. The van der Waals surface area contributed by atoms with Gasteiger partial charge in [0.05, 0.1) is 0 Å². The van der Waals surface area contributed by atoms with E-state index in [-0.39, 0.29) is 12.1 Å². The van der Waals surface area contributed by atoms with E-state index in [9.17, 15) is 13.6 Å². The fourth-order valence-electron chi connectivity index (χ4n) is 3.21. The maximum Gasteiger partial charge on any atom is 0.317 e. The number of benzene rings is 1. The topological polar surface area (TPSA) is 38.8 Å². The molecule has 7 heteroatoms. The van der Waals surface area contributed by atoms with Crippen molar-refractivity contribution in [3.05, 3.63) is 29.8 Å². The van der Waals surface area contributed by atoms with E-state index in [0.717, 1.165) is 19.2 Å². The molecule has 140 valence electrons. The molecule has 1 aliphatic heterocycles. The second-order valence-electron chi connectivity index (χ2n) is 6.36. The molecule has 0 aliphatic carbocycles. The number of anilines is 1. The highest BCUT2D eigenvalue weighted by atomic mass is 19.1. The first-order valence-electron chi connectivity index (χ1n) is 8.92. The van der Waals surface area contributed by atoms with E-state index < -0.39 is 11.6 Å². The van der Waals surface area contributed by atoms with Crippen molar-refractivity contribution < 1.29 is 13.6 Å². The number of nitrogens with zero attached hydrogens (tertiary/aromatic N) is 3. The molecule has 25 heavy (non-hydrogen) atoms. The lowest BCUT2D eigenvalue weighted by atomic mass is 10.2. The molecule has 1 fully saturated rings. The second-order valence-corrected chi connectivity index (χ2v) is 6.36. The first-order chi connectivity index (χ1) is 11.9. The molecule has 0 bridgehead atoms. The molecule has 1 saturated heterocycles. The molecule has 0 aromatic heterocycles. The molecule has 2 rings (SSSR count). The molecule has 1 heterocycles. The Hall–Kier alpha value is -1.89. The standard InChI is InChI=1S/C18H28F2N4O/c1-4-22(5-2)14(3)13-21-18(25)24-8-6-23(7-9-24)17-11-15(19)10-16(20)12-17/h10-12,14H,4-9,13H2,1-3H3,(H,21,25)/t14-/m1/s1. The van der Waals surface area contributed by atoms with Crippen molar-refractivity contribution in [2.24, 2.45) is 0 Å². The average molecular weight is 354 g/mol. The van der Waals surface area contributed by atoms with Crippen molar-refractivity contribution in [3.8, 4) is 0 Å².